The average molecular weight is 272 g/mol. The van der Waals surface area contributed by atoms with Crippen LogP contribution in [0.25, 0.3) is 0 Å². The Morgan fingerprint density at radius 2 is 2.32 bits per heavy atom. The van der Waals surface area contributed by atoms with Crippen LogP contribution in [0.4, 0.5) is 0 Å². The Morgan fingerprint density at radius 3 is 3.05 bits per heavy atom. The summed E-state index contributed by atoms with van der Waals surface area (Å²) in [4.78, 5) is 1.20. The maximum atomic E-state index is 10.0. The molecule has 0 saturated carbocycles. The van der Waals surface area contributed by atoms with Gasteiger partial charge in [-0.2, -0.15) is 5.10 Å². The van der Waals surface area contributed by atoms with Gasteiger partial charge in [0.05, 0.1) is 16.6 Å². The van der Waals surface area contributed by atoms with E-state index in [1.165, 1.54) is 10.4 Å². The molecule has 0 fully saturated rings. The van der Waals surface area contributed by atoms with E-state index in [-0.39, 0.29) is 6.04 Å². The third-order valence-corrected chi connectivity index (χ3v) is 4.35. The van der Waals surface area contributed by atoms with Gasteiger partial charge in [-0.25, -0.2) is 0 Å². The van der Waals surface area contributed by atoms with E-state index >= 15 is 0 Å². The van der Waals surface area contributed by atoms with Crippen molar-refractivity contribution in [2.24, 2.45) is 5.10 Å². The summed E-state index contributed by atoms with van der Waals surface area (Å²) in [6.07, 6.45) is 1.79. The fourth-order valence-corrected chi connectivity index (χ4v) is 3.05. The summed E-state index contributed by atoms with van der Waals surface area (Å²) in [5.74, 6) is 0.345. The van der Waals surface area contributed by atoms with Crippen molar-refractivity contribution in [2.45, 2.75) is 25.8 Å². The summed E-state index contributed by atoms with van der Waals surface area (Å²) in [5, 5.41) is 16.5. The van der Waals surface area contributed by atoms with Gasteiger partial charge in [0, 0.05) is 12.0 Å². The normalized spacial score (nSPS) is 18.2. The fourth-order valence-electron chi connectivity index (χ4n) is 2.32. The minimum atomic E-state index is 0.0728. The van der Waals surface area contributed by atoms with Crippen LogP contribution in [0.3, 0.4) is 0 Å². The van der Waals surface area contributed by atoms with Crippen LogP contribution in [0, 0.1) is 0 Å². The zero-order chi connectivity index (χ0) is 13.2. The topological polar surface area (TPSA) is 44.6 Å². The van der Waals surface area contributed by atoms with Crippen molar-refractivity contribution in [3.63, 3.8) is 0 Å². The lowest BCUT2D eigenvalue weighted by Crippen LogP contribution is -2.10. The Morgan fingerprint density at radius 1 is 1.42 bits per heavy atom. The zero-order valence-corrected chi connectivity index (χ0v) is 11.6. The molecule has 98 valence electrons. The van der Waals surface area contributed by atoms with Crippen molar-refractivity contribution < 1.29 is 5.11 Å². The molecule has 1 atom stereocenters. The number of phenolic OH excluding ortho intramolecular Hbond substituents is 1. The first kappa shape index (κ1) is 12.2. The quantitative estimate of drug-likeness (QED) is 0.898. The lowest BCUT2D eigenvalue weighted by atomic mass is 9.98. The Bertz CT molecular complexity index is 605. The number of aromatic hydroxyl groups is 1. The number of aryl methyl sites for hydroxylation is 1. The molecule has 0 aliphatic carbocycles. The molecule has 0 bridgehead atoms. The second kappa shape index (κ2) is 5.05. The van der Waals surface area contributed by atoms with Gasteiger partial charge in [-0.3, -0.25) is 0 Å². The van der Waals surface area contributed by atoms with Crippen LogP contribution >= 0.6 is 11.3 Å². The van der Waals surface area contributed by atoms with Gasteiger partial charge in [0.1, 0.15) is 5.75 Å². The predicted octanol–water partition coefficient (Wildman–Crippen LogP) is 3.45. The fraction of sp³-hybridized carbons (Fsp3) is 0.267. The number of nitrogens with one attached hydrogen (secondary N) is 1. The standard InChI is InChI=1S/C15H16N2OS/c1-2-10-5-6-14(18)11(8-10)12-9-13(17-16-12)15-4-3-7-19-15/h3-8,12,16,18H,2,9H2,1H3. The first-order chi connectivity index (χ1) is 9.28. The number of rotatable bonds is 3. The molecule has 19 heavy (non-hydrogen) atoms. The van der Waals surface area contributed by atoms with Gasteiger partial charge in [0.25, 0.3) is 0 Å². The van der Waals surface area contributed by atoms with Crippen LogP contribution in [0.5, 0.6) is 5.75 Å². The highest BCUT2D eigenvalue weighted by Gasteiger charge is 2.24. The van der Waals surface area contributed by atoms with Crippen molar-refractivity contribution in [3.05, 3.63) is 51.7 Å². The van der Waals surface area contributed by atoms with Crippen molar-refractivity contribution in [1.82, 2.24) is 5.43 Å². The highest BCUT2D eigenvalue weighted by molar-refractivity contribution is 7.12. The smallest absolute Gasteiger partial charge is 0.120 e. The van der Waals surface area contributed by atoms with Gasteiger partial charge in [-0.15, -0.1) is 11.3 Å². The van der Waals surface area contributed by atoms with Crippen LogP contribution in [-0.2, 0) is 6.42 Å². The summed E-state index contributed by atoms with van der Waals surface area (Å²) >= 11 is 1.70. The van der Waals surface area contributed by atoms with E-state index in [9.17, 15) is 5.11 Å². The van der Waals surface area contributed by atoms with Crippen LogP contribution in [0.1, 0.15) is 35.4 Å². The summed E-state index contributed by atoms with van der Waals surface area (Å²) in [5.41, 5.74) is 6.38. The molecule has 0 amide bonds. The van der Waals surface area contributed by atoms with E-state index in [0.29, 0.717) is 5.75 Å². The summed E-state index contributed by atoms with van der Waals surface area (Å²) in [7, 11) is 0. The Kier molecular flexibility index (Phi) is 3.25. The lowest BCUT2D eigenvalue weighted by molar-refractivity contribution is 0.455. The molecule has 2 N–H and O–H groups in total. The predicted molar refractivity (Wildman–Crippen MR) is 78.8 cm³/mol. The molecule has 2 aromatic rings. The van der Waals surface area contributed by atoms with E-state index < -0.39 is 0 Å². The minimum absolute atomic E-state index is 0.0728. The molecule has 1 aromatic carbocycles. The lowest BCUT2D eigenvalue weighted by Gasteiger charge is -2.13. The molecule has 0 radical (unpaired) electrons. The molecule has 3 rings (SSSR count). The molecule has 1 unspecified atom stereocenters. The van der Waals surface area contributed by atoms with Gasteiger partial charge in [-0.1, -0.05) is 19.1 Å². The van der Waals surface area contributed by atoms with Crippen LogP contribution in [-0.4, -0.2) is 10.8 Å². The Balaban J connectivity index is 1.83. The maximum Gasteiger partial charge on any atom is 0.120 e. The monoisotopic (exact) mass is 272 g/mol. The van der Waals surface area contributed by atoms with Gasteiger partial charge in [0.2, 0.25) is 0 Å². The first-order valence-electron chi connectivity index (χ1n) is 6.45. The molecule has 2 heterocycles. The number of hydrogen-bond donors (Lipinski definition) is 2. The van der Waals surface area contributed by atoms with Gasteiger partial charge < -0.3 is 10.5 Å². The number of thiophene rings is 1. The van der Waals surface area contributed by atoms with E-state index in [4.69, 9.17) is 0 Å². The van der Waals surface area contributed by atoms with E-state index in [1.807, 2.05) is 12.1 Å². The Hall–Kier alpha value is -1.81. The number of hydrazone groups is 1. The van der Waals surface area contributed by atoms with E-state index in [0.717, 1.165) is 24.1 Å². The van der Waals surface area contributed by atoms with Gasteiger partial charge >= 0.3 is 0 Å². The second-order valence-corrected chi connectivity index (χ2v) is 5.62. The Labute approximate surface area is 116 Å². The molecule has 0 saturated heterocycles. The maximum absolute atomic E-state index is 10.0. The number of hydrogen-bond acceptors (Lipinski definition) is 4. The summed E-state index contributed by atoms with van der Waals surface area (Å²) in [6.45, 7) is 2.12. The third-order valence-electron chi connectivity index (χ3n) is 3.43. The molecule has 1 aliphatic rings. The van der Waals surface area contributed by atoms with Crippen LogP contribution in [0.2, 0.25) is 0 Å². The summed E-state index contributed by atoms with van der Waals surface area (Å²) < 4.78 is 0. The molecular weight excluding hydrogens is 256 g/mol. The van der Waals surface area contributed by atoms with Crippen molar-refractivity contribution in [2.75, 3.05) is 0 Å². The van der Waals surface area contributed by atoms with E-state index in [2.05, 4.69) is 35.0 Å². The van der Waals surface area contributed by atoms with Crippen LogP contribution in [0.15, 0.2) is 40.8 Å². The largest absolute Gasteiger partial charge is 0.508 e. The average Bonchev–Trinajstić information content (AvgIpc) is 3.10. The van der Waals surface area contributed by atoms with Crippen molar-refractivity contribution in [1.29, 1.82) is 0 Å². The number of nitrogens with zero attached hydrogens (tertiary/aromatic N) is 1. The molecule has 4 heteroatoms. The molecule has 1 aromatic heterocycles. The minimum Gasteiger partial charge on any atom is -0.508 e. The highest BCUT2D eigenvalue weighted by Crippen LogP contribution is 2.32. The van der Waals surface area contributed by atoms with Gasteiger partial charge in [0.15, 0.2) is 0 Å². The summed E-state index contributed by atoms with van der Waals surface area (Å²) in [6, 6.07) is 10.00. The second-order valence-electron chi connectivity index (χ2n) is 4.67. The molecule has 3 nitrogen and oxygen atoms in total. The van der Waals surface area contributed by atoms with E-state index in [1.54, 1.807) is 17.4 Å². The first-order valence-corrected chi connectivity index (χ1v) is 7.33. The highest BCUT2D eigenvalue weighted by atomic mass is 32.1. The number of benzene rings is 1. The van der Waals surface area contributed by atoms with Crippen molar-refractivity contribution in [3.8, 4) is 5.75 Å². The number of phenols is 1. The molecular formula is C15H16N2OS. The van der Waals surface area contributed by atoms with Crippen LogP contribution < -0.4 is 5.43 Å². The van der Waals surface area contributed by atoms with Crippen molar-refractivity contribution >= 4 is 17.0 Å². The van der Waals surface area contributed by atoms with Gasteiger partial charge in [-0.05, 0) is 35.6 Å². The SMILES string of the molecule is CCc1ccc(O)c(C2CC(c3cccs3)=NN2)c1. The third kappa shape index (κ3) is 2.36. The molecule has 1 aliphatic heterocycles. The zero-order valence-electron chi connectivity index (χ0n) is 10.8. The molecule has 0 spiro atoms.